The Kier molecular flexibility index (Phi) is 5.08. The molecule has 1 aliphatic heterocycles. The van der Waals surface area contributed by atoms with E-state index in [0.717, 1.165) is 36.6 Å². The number of fused-ring (bicyclic) bond motifs is 1. The zero-order valence-corrected chi connectivity index (χ0v) is 13.6. The van der Waals surface area contributed by atoms with Crippen molar-refractivity contribution in [3.8, 4) is 0 Å². The van der Waals surface area contributed by atoms with Gasteiger partial charge in [0.25, 0.3) is 0 Å². The van der Waals surface area contributed by atoms with Gasteiger partial charge < -0.3 is 10.2 Å². The molecule has 7 heteroatoms. The van der Waals surface area contributed by atoms with Crippen LogP contribution in [0.2, 0.25) is 0 Å². The summed E-state index contributed by atoms with van der Waals surface area (Å²) in [4.78, 5) is 10.6. The van der Waals surface area contributed by atoms with Crippen LogP contribution in [0.3, 0.4) is 0 Å². The number of aromatic nitrogens is 2. The second kappa shape index (κ2) is 7.42. The Balaban J connectivity index is 1.76. The molecule has 24 heavy (non-hydrogen) atoms. The van der Waals surface area contributed by atoms with E-state index in [2.05, 4.69) is 38.4 Å². The quantitative estimate of drug-likeness (QED) is 0.691. The summed E-state index contributed by atoms with van der Waals surface area (Å²) >= 11 is 0. The van der Waals surface area contributed by atoms with Crippen molar-refractivity contribution in [2.75, 3.05) is 13.1 Å². The third-order valence-electron chi connectivity index (χ3n) is 4.09. The number of imidazole rings is 1. The molecule has 128 valence electrons. The first-order valence-electron chi connectivity index (χ1n) is 8.09. The first-order chi connectivity index (χ1) is 11.7. The molecule has 1 N–H and O–H groups in total. The minimum atomic E-state index is -2.60. The van der Waals surface area contributed by atoms with E-state index in [-0.39, 0.29) is 12.4 Å². The van der Waals surface area contributed by atoms with E-state index in [0.29, 0.717) is 0 Å². The van der Waals surface area contributed by atoms with Gasteiger partial charge >= 0.3 is 6.55 Å². The third-order valence-corrected chi connectivity index (χ3v) is 4.09. The molecule has 5 nitrogen and oxygen atoms in total. The van der Waals surface area contributed by atoms with Crippen LogP contribution in [0.1, 0.15) is 30.4 Å². The molecule has 0 amide bonds. The summed E-state index contributed by atoms with van der Waals surface area (Å²) in [5, 5.41) is 3.25. The lowest BCUT2D eigenvalue weighted by atomic mass is 10.0. The fourth-order valence-corrected chi connectivity index (χ4v) is 2.89. The molecule has 3 rings (SSSR count). The molecule has 1 aromatic carbocycles. The molecular weight excluding hydrogens is 312 g/mol. The number of aliphatic imine (C=N–C) groups is 1. The van der Waals surface area contributed by atoms with Gasteiger partial charge in [0.15, 0.2) is 5.96 Å². The Hall–Kier alpha value is -2.44. The average Bonchev–Trinajstić information content (AvgIpc) is 3.07. The second-order valence-electron chi connectivity index (χ2n) is 5.64. The molecule has 2 aromatic rings. The fraction of sp³-hybridized carbons (Fsp3) is 0.412. The molecule has 0 atom stereocenters. The van der Waals surface area contributed by atoms with Crippen molar-refractivity contribution < 1.29 is 8.78 Å². The Morgan fingerprint density at radius 2 is 2.12 bits per heavy atom. The minimum absolute atomic E-state index is 0.123. The molecule has 0 saturated heterocycles. The van der Waals surface area contributed by atoms with Crippen LogP contribution >= 0.6 is 0 Å². The molecule has 0 radical (unpaired) electrons. The lowest BCUT2D eigenvalue weighted by Crippen LogP contribution is -2.44. The van der Waals surface area contributed by atoms with Crippen molar-refractivity contribution in [3.05, 3.63) is 53.6 Å². The largest absolute Gasteiger partial charge is 0.356 e. The number of nitrogens with one attached hydrogen (secondary N) is 1. The van der Waals surface area contributed by atoms with Crippen molar-refractivity contribution in [2.45, 2.75) is 33.0 Å². The topological polar surface area (TPSA) is 45.5 Å². The molecule has 0 spiro atoms. The maximum Gasteiger partial charge on any atom is 0.319 e. The Bertz CT molecular complexity index is 711. The number of halogens is 2. The van der Waals surface area contributed by atoms with E-state index >= 15 is 0 Å². The van der Waals surface area contributed by atoms with E-state index in [9.17, 15) is 8.78 Å². The summed E-state index contributed by atoms with van der Waals surface area (Å²) in [7, 11) is 0. The van der Waals surface area contributed by atoms with Crippen LogP contribution in [0.4, 0.5) is 8.78 Å². The number of alkyl halides is 2. The standard InChI is InChI=1S/C17H21F2N5/c1-2-20-17(22-11-15-21-8-10-24(15)16(18)19)23-9-7-13-5-3-4-6-14(13)12-23/h3-6,8,10,16H,2,7,9,11-12H2,1H3,(H,20,22). The van der Waals surface area contributed by atoms with Crippen molar-refractivity contribution in [3.63, 3.8) is 0 Å². The van der Waals surface area contributed by atoms with Gasteiger partial charge in [-0.3, -0.25) is 4.57 Å². The van der Waals surface area contributed by atoms with Gasteiger partial charge in [0, 0.05) is 32.0 Å². The van der Waals surface area contributed by atoms with E-state index in [1.54, 1.807) is 0 Å². The first kappa shape index (κ1) is 16.4. The molecule has 0 bridgehead atoms. The first-order valence-corrected chi connectivity index (χ1v) is 8.09. The molecular formula is C17H21F2N5. The van der Waals surface area contributed by atoms with Crippen molar-refractivity contribution in [1.29, 1.82) is 0 Å². The van der Waals surface area contributed by atoms with Gasteiger partial charge in [0.05, 0.1) is 0 Å². The normalized spacial score (nSPS) is 14.8. The molecule has 0 aliphatic carbocycles. The number of hydrogen-bond acceptors (Lipinski definition) is 2. The second-order valence-corrected chi connectivity index (χ2v) is 5.64. The van der Waals surface area contributed by atoms with Crippen LogP contribution in [0.25, 0.3) is 0 Å². The SMILES string of the molecule is CCNC(=NCc1nccn1C(F)F)N1CCc2ccccc2C1. The summed E-state index contributed by atoms with van der Waals surface area (Å²) in [5.74, 6) is 0.994. The van der Waals surface area contributed by atoms with Crippen molar-refractivity contribution in [1.82, 2.24) is 19.8 Å². The third kappa shape index (κ3) is 3.55. The van der Waals surface area contributed by atoms with E-state index < -0.39 is 6.55 Å². The number of guanidine groups is 1. The van der Waals surface area contributed by atoms with Gasteiger partial charge in [-0.25, -0.2) is 9.98 Å². The van der Waals surface area contributed by atoms with Gasteiger partial charge in [-0.15, -0.1) is 0 Å². The van der Waals surface area contributed by atoms with Crippen LogP contribution in [0.5, 0.6) is 0 Å². The highest BCUT2D eigenvalue weighted by atomic mass is 19.3. The van der Waals surface area contributed by atoms with Crippen molar-refractivity contribution in [2.24, 2.45) is 4.99 Å². The minimum Gasteiger partial charge on any atom is -0.356 e. The number of rotatable bonds is 4. The molecule has 2 heterocycles. The zero-order chi connectivity index (χ0) is 16.9. The van der Waals surface area contributed by atoms with Gasteiger partial charge in [-0.2, -0.15) is 8.78 Å². The lowest BCUT2D eigenvalue weighted by molar-refractivity contribution is 0.0671. The average molecular weight is 333 g/mol. The molecule has 0 unspecified atom stereocenters. The molecule has 0 saturated carbocycles. The number of hydrogen-bond donors (Lipinski definition) is 1. The van der Waals surface area contributed by atoms with E-state index in [1.165, 1.54) is 23.5 Å². The number of benzene rings is 1. The maximum atomic E-state index is 12.9. The highest BCUT2D eigenvalue weighted by Crippen LogP contribution is 2.19. The summed E-state index contributed by atoms with van der Waals surface area (Å²) in [5.41, 5.74) is 2.64. The molecule has 0 fully saturated rings. The van der Waals surface area contributed by atoms with Gasteiger partial charge in [0.1, 0.15) is 12.4 Å². The number of nitrogens with zero attached hydrogens (tertiary/aromatic N) is 4. The van der Waals surface area contributed by atoms with Crippen molar-refractivity contribution >= 4 is 5.96 Å². The highest BCUT2D eigenvalue weighted by molar-refractivity contribution is 5.80. The van der Waals surface area contributed by atoms with Gasteiger partial charge in [0.2, 0.25) is 0 Å². The lowest BCUT2D eigenvalue weighted by Gasteiger charge is -2.31. The van der Waals surface area contributed by atoms with Crippen LogP contribution < -0.4 is 5.32 Å². The van der Waals surface area contributed by atoms with Crippen LogP contribution in [0.15, 0.2) is 41.7 Å². The van der Waals surface area contributed by atoms with Crippen LogP contribution in [0, 0.1) is 0 Å². The highest BCUT2D eigenvalue weighted by Gasteiger charge is 2.19. The predicted molar refractivity (Wildman–Crippen MR) is 88.9 cm³/mol. The van der Waals surface area contributed by atoms with Gasteiger partial charge in [-0.1, -0.05) is 24.3 Å². The zero-order valence-electron chi connectivity index (χ0n) is 13.6. The Morgan fingerprint density at radius 3 is 2.88 bits per heavy atom. The predicted octanol–water partition coefficient (Wildman–Crippen LogP) is 2.80. The summed E-state index contributed by atoms with van der Waals surface area (Å²) in [6.45, 7) is 1.87. The van der Waals surface area contributed by atoms with Crippen LogP contribution in [-0.4, -0.2) is 33.5 Å². The molecule has 1 aromatic heterocycles. The summed E-state index contributed by atoms with van der Waals surface area (Å²) < 4.78 is 26.6. The monoisotopic (exact) mass is 333 g/mol. The van der Waals surface area contributed by atoms with Crippen LogP contribution in [-0.2, 0) is 19.5 Å². The fourth-order valence-electron chi connectivity index (χ4n) is 2.89. The molecule has 1 aliphatic rings. The Morgan fingerprint density at radius 1 is 1.33 bits per heavy atom. The summed E-state index contributed by atoms with van der Waals surface area (Å²) in [6.07, 6.45) is 3.60. The van der Waals surface area contributed by atoms with Gasteiger partial charge in [-0.05, 0) is 24.5 Å². The summed E-state index contributed by atoms with van der Waals surface area (Å²) in [6, 6.07) is 8.36. The Labute approximate surface area is 140 Å². The smallest absolute Gasteiger partial charge is 0.319 e. The van der Waals surface area contributed by atoms with E-state index in [1.807, 2.05) is 13.0 Å². The maximum absolute atomic E-state index is 12.9. The van der Waals surface area contributed by atoms with E-state index in [4.69, 9.17) is 0 Å².